The predicted octanol–water partition coefficient (Wildman–Crippen LogP) is 3.70. The van der Waals surface area contributed by atoms with Crippen LogP contribution in [0, 0.1) is 17.8 Å². The summed E-state index contributed by atoms with van der Waals surface area (Å²) in [5, 5.41) is 3.82. The average Bonchev–Trinajstić information content (AvgIpc) is 3.32. The third kappa shape index (κ3) is 3.67. The predicted molar refractivity (Wildman–Crippen MR) is 89.3 cm³/mol. The molecule has 2 nitrogen and oxygen atoms in total. The van der Waals surface area contributed by atoms with Crippen molar-refractivity contribution < 1.29 is 0 Å². The average molecular weight is 286 g/mol. The van der Waals surface area contributed by atoms with Crippen molar-refractivity contribution in [1.29, 1.82) is 0 Å². The van der Waals surface area contributed by atoms with E-state index in [4.69, 9.17) is 0 Å². The number of piperazine rings is 1. The van der Waals surface area contributed by atoms with Gasteiger partial charge in [0.15, 0.2) is 0 Å². The smallest absolute Gasteiger partial charge is 0.0473 e. The van der Waals surface area contributed by atoms with Gasteiger partial charge in [0.25, 0.3) is 0 Å². The lowest BCUT2D eigenvalue weighted by Crippen LogP contribution is -2.54. The van der Waals surface area contributed by atoms with Gasteiger partial charge in [-0.3, -0.25) is 4.90 Å². The van der Waals surface area contributed by atoms with Gasteiger partial charge in [0.2, 0.25) is 0 Å². The van der Waals surface area contributed by atoms with E-state index in [1.54, 1.807) is 0 Å². The Morgan fingerprint density at radius 1 is 1.14 bits per heavy atom. The molecule has 2 heteroatoms. The zero-order valence-electron chi connectivity index (χ0n) is 13.8. The molecule has 1 aromatic carbocycles. The Balaban J connectivity index is 1.73. The van der Waals surface area contributed by atoms with Crippen molar-refractivity contribution in [1.82, 2.24) is 10.2 Å². The van der Waals surface area contributed by atoms with Crippen LogP contribution in [0.15, 0.2) is 30.3 Å². The molecule has 0 bridgehead atoms. The van der Waals surface area contributed by atoms with Gasteiger partial charge in [-0.1, -0.05) is 51.1 Å². The molecule has 3 unspecified atom stereocenters. The SMILES string of the molecule is CC(C)C(C)CN1CC(C2CC2)NCC1c1ccccc1. The molecule has 2 aliphatic rings. The molecule has 1 saturated carbocycles. The van der Waals surface area contributed by atoms with Crippen molar-refractivity contribution in [2.45, 2.75) is 45.7 Å². The van der Waals surface area contributed by atoms with Gasteiger partial charge in [0.05, 0.1) is 0 Å². The minimum atomic E-state index is 0.544. The van der Waals surface area contributed by atoms with Gasteiger partial charge in [0, 0.05) is 31.7 Å². The lowest BCUT2D eigenvalue weighted by atomic mass is 9.93. The second-order valence-electron chi connectivity index (χ2n) is 7.45. The molecule has 1 saturated heterocycles. The van der Waals surface area contributed by atoms with Crippen LogP contribution in [0.5, 0.6) is 0 Å². The van der Waals surface area contributed by atoms with Crippen molar-refractivity contribution in [2.75, 3.05) is 19.6 Å². The van der Waals surface area contributed by atoms with E-state index in [0.717, 1.165) is 30.3 Å². The minimum absolute atomic E-state index is 0.544. The molecule has 1 aliphatic heterocycles. The second kappa shape index (κ2) is 6.50. The Labute approximate surface area is 129 Å². The van der Waals surface area contributed by atoms with Crippen LogP contribution >= 0.6 is 0 Å². The molecule has 0 amide bonds. The van der Waals surface area contributed by atoms with Gasteiger partial charge in [-0.05, 0) is 36.2 Å². The molecule has 1 N–H and O–H groups in total. The quantitative estimate of drug-likeness (QED) is 0.888. The van der Waals surface area contributed by atoms with Crippen LogP contribution < -0.4 is 5.32 Å². The van der Waals surface area contributed by atoms with Crippen LogP contribution in [0.25, 0.3) is 0 Å². The fourth-order valence-corrected chi connectivity index (χ4v) is 3.44. The number of nitrogens with zero attached hydrogens (tertiary/aromatic N) is 1. The van der Waals surface area contributed by atoms with Gasteiger partial charge in [-0.25, -0.2) is 0 Å². The Bertz CT molecular complexity index is 436. The molecule has 21 heavy (non-hydrogen) atoms. The van der Waals surface area contributed by atoms with Crippen LogP contribution in [-0.4, -0.2) is 30.6 Å². The summed E-state index contributed by atoms with van der Waals surface area (Å²) in [5.74, 6) is 2.46. The van der Waals surface area contributed by atoms with Gasteiger partial charge in [0.1, 0.15) is 0 Å². The highest BCUT2D eigenvalue weighted by Crippen LogP contribution is 2.36. The van der Waals surface area contributed by atoms with Crippen molar-refractivity contribution >= 4 is 0 Å². The van der Waals surface area contributed by atoms with Crippen LogP contribution in [0.1, 0.15) is 45.2 Å². The number of rotatable bonds is 5. The minimum Gasteiger partial charge on any atom is -0.311 e. The first-order chi connectivity index (χ1) is 10.1. The standard InChI is InChI=1S/C19H30N2/c1-14(2)15(3)12-21-13-18(16-9-10-16)20-11-19(21)17-7-5-4-6-8-17/h4-8,14-16,18-20H,9-13H2,1-3H3. The maximum atomic E-state index is 3.82. The van der Waals surface area contributed by atoms with E-state index in [2.05, 4.69) is 61.3 Å². The van der Waals surface area contributed by atoms with E-state index in [1.165, 1.54) is 31.5 Å². The molecule has 0 aromatic heterocycles. The molecule has 0 spiro atoms. The van der Waals surface area contributed by atoms with E-state index in [1.807, 2.05) is 0 Å². The van der Waals surface area contributed by atoms with E-state index >= 15 is 0 Å². The number of hydrogen-bond acceptors (Lipinski definition) is 2. The zero-order chi connectivity index (χ0) is 14.8. The molecule has 1 aliphatic carbocycles. The molecule has 3 rings (SSSR count). The topological polar surface area (TPSA) is 15.3 Å². The first kappa shape index (κ1) is 15.1. The Hall–Kier alpha value is -0.860. The first-order valence-corrected chi connectivity index (χ1v) is 8.67. The highest BCUT2D eigenvalue weighted by Gasteiger charge is 2.37. The Morgan fingerprint density at radius 2 is 1.86 bits per heavy atom. The van der Waals surface area contributed by atoms with Crippen molar-refractivity contribution in [3.63, 3.8) is 0 Å². The van der Waals surface area contributed by atoms with Crippen LogP contribution in [0.3, 0.4) is 0 Å². The first-order valence-electron chi connectivity index (χ1n) is 8.67. The van der Waals surface area contributed by atoms with Crippen molar-refractivity contribution in [2.24, 2.45) is 17.8 Å². The summed E-state index contributed by atoms with van der Waals surface area (Å²) in [6, 6.07) is 12.3. The lowest BCUT2D eigenvalue weighted by molar-refractivity contribution is 0.0964. The third-order valence-corrected chi connectivity index (χ3v) is 5.48. The van der Waals surface area contributed by atoms with Gasteiger partial charge >= 0.3 is 0 Å². The molecule has 2 fully saturated rings. The van der Waals surface area contributed by atoms with Crippen LogP contribution in [-0.2, 0) is 0 Å². The summed E-state index contributed by atoms with van der Waals surface area (Å²) in [4.78, 5) is 2.75. The van der Waals surface area contributed by atoms with Crippen LogP contribution in [0.4, 0.5) is 0 Å². The molecule has 1 heterocycles. The Morgan fingerprint density at radius 3 is 2.48 bits per heavy atom. The molecule has 3 atom stereocenters. The van der Waals surface area contributed by atoms with E-state index in [0.29, 0.717) is 6.04 Å². The normalized spacial score (nSPS) is 28.8. The number of benzene rings is 1. The van der Waals surface area contributed by atoms with Crippen molar-refractivity contribution in [3.8, 4) is 0 Å². The summed E-state index contributed by atoms with van der Waals surface area (Å²) in [6.07, 6.45) is 2.86. The highest BCUT2D eigenvalue weighted by atomic mass is 15.2. The summed E-state index contributed by atoms with van der Waals surface area (Å²) in [7, 11) is 0. The highest BCUT2D eigenvalue weighted by molar-refractivity contribution is 5.20. The fraction of sp³-hybridized carbons (Fsp3) is 0.684. The Kier molecular flexibility index (Phi) is 4.66. The number of nitrogens with one attached hydrogen (secondary N) is 1. The lowest BCUT2D eigenvalue weighted by Gasteiger charge is -2.42. The summed E-state index contributed by atoms with van der Waals surface area (Å²) >= 11 is 0. The monoisotopic (exact) mass is 286 g/mol. The maximum absolute atomic E-state index is 3.82. The zero-order valence-corrected chi connectivity index (χ0v) is 13.8. The van der Waals surface area contributed by atoms with E-state index < -0.39 is 0 Å². The molecule has 0 radical (unpaired) electrons. The summed E-state index contributed by atoms with van der Waals surface area (Å²) in [5.41, 5.74) is 1.47. The van der Waals surface area contributed by atoms with Gasteiger partial charge in [-0.15, -0.1) is 0 Å². The second-order valence-corrected chi connectivity index (χ2v) is 7.45. The van der Waals surface area contributed by atoms with E-state index in [9.17, 15) is 0 Å². The van der Waals surface area contributed by atoms with Gasteiger partial charge < -0.3 is 5.32 Å². The fourth-order valence-electron chi connectivity index (χ4n) is 3.44. The summed E-state index contributed by atoms with van der Waals surface area (Å²) < 4.78 is 0. The molecular formula is C19H30N2. The van der Waals surface area contributed by atoms with Gasteiger partial charge in [-0.2, -0.15) is 0 Å². The van der Waals surface area contributed by atoms with Crippen molar-refractivity contribution in [3.05, 3.63) is 35.9 Å². The molecule has 116 valence electrons. The van der Waals surface area contributed by atoms with E-state index in [-0.39, 0.29) is 0 Å². The van der Waals surface area contributed by atoms with Crippen LogP contribution in [0.2, 0.25) is 0 Å². The number of hydrogen-bond donors (Lipinski definition) is 1. The summed E-state index contributed by atoms with van der Waals surface area (Å²) in [6.45, 7) is 10.7. The molecular weight excluding hydrogens is 256 g/mol. The largest absolute Gasteiger partial charge is 0.311 e. The maximum Gasteiger partial charge on any atom is 0.0473 e. The third-order valence-electron chi connectivity index (χ3n) is 5.48. The molecule has 1 aromatic rings.